The van der Waals surface area contributed by atoms with Crippen molar-refractivity contribution in [2.75, 3.05) is 0 Å². The number of carbonyl (C=O) groups is 1. The fraction of sp³-hybridized carbons (Fsp3) is 0.100. The van der Waals surface area contributed by atoms with Crippen molar-refractivity contribution >= 4 is 17.4 Å². The highest BCUT2D eigenvalue weighted by Crippen LogP contribution is 2.17. The van der Waals surface area contributed by atoms with E-state index in [0.29, 0.717) is 11.1 Å². The molecule has 0 aliphatic heterocycles. The van der Waals surface area contributed by atoms with Crippen LogP contribution in [0.3, 0.4) is 0 Å². The molecule has 0 unspecified atom stereocenters. The van der Waals surface area contributed by atoms with Gasteiger partial charge in [0, 0.05) is 5.56 Å². The molecule has 0 atom stereocenters. The van der Waals surface area contributed by atoms with Gasteiger partial charge in [-0.05, 0) is 30.7 Å². The van der Waals surface area contributed by atoms with E-state index in [4.69, 9.17) is 11.6 Å². The van der Waals surface area contributed by atoms with Crippen LogP contribution in [0.1, 0.15) is 17.3 Å². The Morgan fingerprint density at radius 3 is 2.62 bits per heavy atom. The molecule has 0 saturated carbocycles. The molecule has 1 rings (SSSR count). The second-order valence-electron chi connectivity index (χ2n) is 2.74. The van der Waals surface area contributed by atoms with Crippen molar-refractivity contribution in [3.8, 4) is 0 Å². The first-order chi connectivity index (χ1) is 6.02. The van der Waals surface area contributed by atoms with Crippen LogP contribution in [0.4, 0.5) is 4.39 Å². The van der Waals surface area contributed by atoms with E-state index in [9.17, 15) is 9.18 Å². The molecule has 0 heterocycles. The average molecular weight is 199 g/mol. The summed E-state index contributed by atoms with van der Waals surface area (Å²) in [5.74, 6) is -0.748. The van der Waals surface area contributed by atoms with Crippen molar-refractivity contribution < 1.29 is 9.18 Å². The minimum absolute atomic E-state index is 0.0490. The molecule has 13 heavy (non-hydrogen) atoms. The molecular formula is C10H8ClFO. The summed E-state index contributed by atoms with van der Waals surface area (Å²) in [6.45, 7) is 5.09. The van der Waals surface area contributed by atoms with Gasteiger partial charge in [-0.1, -0.05) is 18.2 Å². The lowest BCUT2D eigenvalue weighted by Crippen LogP contribution is -1.99. The summed E-state index contributed by atoms with van der Waals surface area (Å²) in [7, 11) is 0. The van der Waals surface area contributed by atoms with Crippen LogP contribution in [-0.4, -0.2) is 5.78 Å². The quantitative estimate of drug-likeness (QED) is 0.527. The van der Waals surface area contributed by atoms with E-state index in [-0.39, 0.29) is 10.8 Å². The van der Waals surface area contributed by atoms with Crippen molar-refractivity contribution in [2.24, 2.45) is 0 Å². The summed E-state index contributed by atoms with van der Waals surface area (Å²) >= 11 is 5.51. The van der Waals surface area contributed by atoms with Crippen LogP contribution in [0.25, 0.3) is 0 Å². The van der Waals surface area contributed by atoms with Crippen molar-refractivity contribution in [3.05, 3.63) is 46.8 Å². The largest absolute Gasteiger partial charge is 0.289 e. The van der Waals surface area contributed by atoms with Gasteiger partial charge in [-0.2, -0.15) is 0 Å². The van der Waals surface area contributed by atoms with Gasteiger partial charge in [0.05, 0.1) is 5.02 Å². The molecule has 0 fully saturated rings. The fourth-order valence-electron chi connectivity index (χ4n) is 0.884. The summed E-state index contributed by atoms with van der Waals surface area (Å²) < 4.78 is 12.7. The van der Waals surface area contributed by atoms with E-state index in [1.54, 1.807) is 6.92 Å². The molecule has 0 spiro atoms. The smallest absolute Gasteiger partial charge is 0.188 e. The molecule has 0 N–H and O–H groups in total. The molecule has 0 amide bonds. The zero-order valence-corrected chi connectivity index (χ0v) is 7.86. The van der Waals surface area contributed by atoms with Gasteiger partial charge in [-0.25, -0.2) is 4.39 Å². The zero-order chi connectivity index (χ0) is 10.0. The molecule has 0 saturated heterocycles. The van der Waals surface area contributed by atoms with E-state index in [0.717, 1.165) is 0 Å². The number of hydrogen-bond donors (Lipinski definition) is 0. The highest BCUT2D eigenvalue weighted by atomic mass is 35.5. The Balaban J connectivity index is 3.11. The topological polar surface area (TPSA) is 17.1 Å². The van der Waals surface area contributed by atoms with Gasteiger partial charge in [0.1, 0.15) is 5.82 Å². The fourth-order valence-corrected chi connectivity index (χ4v) is 1.06. The third-order valence-corrected chi connectivity index (χ3v) is 1.86. The van der Waals surface area contributed by atoms with E-state index < -0.39 is 5.82 Å². The first-order valence-electron chi connectivity index (χ1n) is 3.67. The Hall–Kier alpha value is -1.15. The van der Waals surface area contributed by atoms with Gasteiger partial charge in [0.15, 0.2) is 5.78 Å². The monoisotopic (exact) mass is 198 g/mol. The SMILES string of the molecule is C=C(C)C(=O)c1ccc(F)c(Cl)c1. The molecular weight excluding hydrogens is 191 g/mol. The van der Waals surface area contributed by atoms with Gasteiger partial charge in [-0.3, -0.25) is 4.79 Å². The van der Waals surface area contributed by atoms with Crippen LogP contribution in [-0.2, 0) is 0 Å². The van der Waals surface area contributed by atoms with E-state index in [1.165, 1.54) is 18.2 Å². The van der Waals surface area contributed by atoms with Crippen LogP contribution in [0.15, 0.2) is 30.4 Å². The standard InChI is InChI=1S/C10H8ClFO/c1-6(2)10(13)7-3-4-9(12)8(11)5-7/h3-5H,1H2,2H3. The maximum Gasteiger partial charge on any atom is 0.188 e. The summed E-state index contributed by atoms with van der Waals surface area (Å²) in [6.07, 6.45) is 0. The second-order valence-corrected chi connectivity index (χ2v) is 3.15. The first-order valence-corrected chi connectivity index (χ1v) is 4.05. The van der Waals surface area contributed by atoms with Crippen LogP contribution in [0, 0.1) is 5.82 Å². The summed E-state index contributed by atoms with van der Waals surface area (Å²) in [4.78, 5) is 11.3. The Morgan fingerprint density at radius 1 is 1.54 bits per heavy atom. The molecule has 1 nitrogen and oxygen atoms in total. The predicted octanol–water partition coefficient (Wildman–Crippen LogP) is 3.24. The molecule has 1 aromatic carbocycles. The third-order valence-electron chi connectivity index (χ3n) is 1.57. The number of Topliss-reactive ketones (excluding diaryl/α,β-unsaturated/α-hetero) is 1. The summed E-state index contributed by atoms with van der Waals surface area (Å²) in [6, 6.07) is 3.85. The third kappa shape index (κ3) is 2.16. The molecule has 68 valence electrons. The molecule has 0 radical (unpaired) electrons. The second kappa shape index (κ2) is 3.71. The lowest BCUT2D eigenvalue weighted by atomic mass is 10.1. The van der Waals surface area contributed by atoms with Crippen molar-refractivity contribution in [3.63, 3.8) is 0 Å². The normalized spacial score (nSPS) is 9.77. The van der Waals surface area contributed by atoms with Crippen molar-refractivity contribution in [1.82, 2.24) is 0 Å². The predicted molar refractivity (Wildman–Crippen MR) is 50.6 cm³/mol. The van der Waals surface area contributed by atoms with E-state index in [2.05, 4.69) is 6.58 Å². The lowest BCUT2D eigenvalue weighted by Gasteiger charge is -2.00. The Kier molecular flexibility index (Phi) is 2.83. The maximum atomic E-state index is 12.7. The number of ketones is 1. The molecule has 0 aliphatic carbocycles. The van der Waals surface area contributed by atoms with Gasteiger partial charge < -0.3 is 0 Å². The summed E-state index contributed by atoms with van der Waals surface area (Å²) in [5, 5.41) is -0.0490. The number of benzene rings is 1. The van der Waals surface area contributed by atoms with E-state index >= 15 is 0 Å². The van der Waals surface area contributed by atoms with Gasteiger partial charge in [-0.15, -0.1) is 0 Å². The molecule has 0 aromatic heterocycles. The minimum Gasteiger partial charge on any atom is -0.289 e. The molecule has 0 bridgehead atoms. The number of hydrogen-bond acceptors (Lipinski definition) is 1. The number of carbonyl (C=O) groups excluding carboxylic acids is 1. The zero-order valence-electron chi connectivity index (χ0n) is 7.10. The lowest BCUT2D eigenvalue weighted by molar-refractivity contribution is 0.103. The van der Waals surface area contributed by atoms with Gasteiger partial charge in [0.2, 0.25) is 0 Å². The number of allylic oxidation sites excluding steroid dienone is 1. The molecule has 0 aliphatic rings. The van der Waals surface area contributed by atoms with Crippen LogP contribution >= 0.6 is 11.6 Å². The highest BCUT2D eigenvalue weighted by Gasteiger charge is 2.08. The Labute approximate surface area is 80.8 Å². The Morgan fingerprint density at radius 2 is 2.15 bits per heavy atom. The van der Waals surface area contributed by atoms with Gasteiger partial charge in [0.25, 0.3) is 0 Å². The number of rotatable bonds is 2. The summed E-state index contributed by atoms with van der Waals surface area (Å²) in [5.41, 5.74) is 0.765. The Bertz CT molecular complexity index is 371. The average Bonchev–Trinajstić information content (AvgIpc) is 2.08. The van der Waals surface area contributed by atoms with Crippen molar-refractivity contribution in [1.29, 1.82) is 0 Å². The minimum atomic E-state index is -0.528. The maximum absolute atomic E-state index is 12.7. The highest BCUT2D eigenvalue weighted by molar-refractivity contribution is 6.31. The first kappa shape index (κ1) is 9.93. The van der Waals surface area contributed by atoms with Crippen LogP contribution in [0.2, 0.25) is 5.02 Å². The van der Waals surface area contributed by atoms with Gasteiger partial charge >= 0.3 is 0 Å². The molecule has 1 aromatic rings. The van der Waals surface area contributed by atoms with Crippen LogP contribution in [0.5, 0.6) is 0 Å². The van der Waals surface area contributed by atoms with Crippen molar-refractivity contribution in [2.45, 2.75) is 6.92 Å². The number of halogens is 2. The van der Waals surface area contributed by atoms with Crippen LogP contribution < -0.4 is 0 Å². The molecule has 3 heteroatoms. The van der Waals surface area contributed by atoms with E-state index in [1.807, 2.05) is 0 Å².